The number of hydrogen-bond donors (Lipinski definition) is 0. The van der Waals surface area contributed by atoms with Crippen LogP contribution in [0.3, 0.4) is 0 Å². The molecule has 3 aromatic rings. The van der Waals surface area contributed by atoms with Crippen LogP contribution in [0.4, 0.5) is 11.4 Å². The first kappa shape index (κ1) is 19.7. The van der Waals surface area contributed by atoms with Crippen LogP contribution in [0, 0.1) is 13.8 Å². The second kappa shape index (κ2) is 8.39. The largest absolute Gasteiger partial charge is 0.271 e. The van der Waals surface area contributed by atoms with Gasteiger partial charge in [0.1, 0.15) is 0 Å². The lowest BCUT2D eigenvalue weighted by Crippen LogP contribution is -2.28. The molecule has 0 atom stereocenters. The molecule has 1 aliphatic heterocycles. The minimum Gasteiger partial charge on any atom is -0.268 e. The van der Waals surface area contributed by atoms with Crippen LogP contribution < -0.4 is 4.90 Å². The average molecular weight is 463 g/mol. The summed E-state index contributed by atoms with van der Waals surface area (Å²) in [6.45, 7) is 4.08. The van der Waals surface area contributed by atoms with E-state index in [0.29, 0.717) is 10.1 Å². The van der Waals surface area contributed by atoms with Crippen LogP contribution in [-0.2, 0) is 4.79 Å². The SMILES string of the molecule is Cc1cccc(C)c1N=C1S/C(=C/c2ccc(Br)cc2)C(=O)N1c1ccccc1. The Morgan fingerprint density at radius 1 is 0.897 bits per heavy atom. The molecule has 0 aliphatic carbocycles. The summed E-state index contributed by atoms with van der Waals surface area (Å²) in [4.78, 5) is 20.6. The number of amidine groups is 1. The van der Waals surface area contributed by atoms with Crippen molar-refractivity contribution >= 4 is 56.2 Å². The van der Waals surface area contributed by atoms with Gasteiger partial charge in [-0.2, -0.15) is 0 Å². The van der Waals surface area contributed by atoms with E-state index in [1.165, 1.54) is 11.8 Å². The van der Waals surface area contributed by atoms with Crippen LogP contribution in [0.15, 0.2) is 87.2 Å². The van der Waals surface area contributed by atoms with Crippen molar-refractivity contribution in [2.24, 2.45) is 4.99 Å². The molecule has 1 fully saturated rings. The van der Waals surface area contributed by atoms with Crippen molar-refractivity contribution in [3.63, 3.8) is 0 Å². The number of rotatable bonds is 3. The number of carbonyl (C=O) groups excluding carboxylic acids is 1. The molecular weight excluding hydrogens is 444 g/mol. The number of nitrogens with zero attached hydrogens (tertiary/aromatic N) is 2. The lowest BCUT2D eigenvalue weighted by Gasteiger charge is -2.16. The third-order valence-corrected chi connectivity index (χ3v) is 6.13. The molecule has 0 spiro atoms. The van der Waals surface area contributed by atoms with Gasteiger partial charge in [-0.1, -0.05) is 64.5 Å². The van der Waals surface area contributed by atoms with Gasteiger partial charge in [0.15, 0.2) is 5.17 Å². The Labute approximate surface area is 183 Å². The molecule has 1 saturated heterocycles. The van der Waals surface area contributed by atoms with E-state index in [1.54, 1.807) is 4.90 Å². The van der Waals surface area contributed by atoms with Crippen LogP contribution >= 0.6 is 27.7 Å². The van der Waals surface area contributed by atoms with E-state index in [1.807, 2.05) is 92.7 Å². The summed E-state index contributed by atoms with van der Waals surface area (Å²) >= 11 is 4.86. The molecule has 3 aromatic carbocycles. The second-order valence-electron chi connectivity index (χ2n) is 6.77. The van der Waals surface area contributed by atoms with Gasteiger partial charge in [-0.05, 0) is 72.6 Å². The molecule has 29 heavy (non-hydrogen) atoms. The van der Waals surface area contributed by atoms with Gasteiger partial charge < -0.3 is 0 Å². The van der Waals surface area contributed by atoms with Crippen LogP contribution in [0.5, 0.6) is 0 Å². The van der Waals surface area contributed by atoms with E-state index in [-0.39, 0.29) is 5.91 Å². The number of benzene rings is 3. The van der Waals surface area contributed by atoms with Gasteiger partial charge in [-0.3, -0.25) is 9.69 Å². The maximum atomic E-state index is 13.3. The molecule has 4 rings (SSSR count). The highest BCUT2D eigenvalue weighted by atomic mass is 79.9. The predicted molar refractivity (Wildman–Crippen MR) is 127 cm³/mol. The topological polar surface area (TPSA) is 32.7 Å². The lowest BCUT2D eigenvalue weighted by atomic mass is 10.1. The molecule has 0 bridgehead atoms. The first-order valence-electron chi connectivity index (χ1n) is 9.22. The molecular formula is C24H19BrN2OS. The number of aryl methyl sites for hydroxylation is 2. The van der Waals surface area contributed by atoms with Crippen molar-refractivity contribution < 1.29 is 4.79 Å². The maximum absolute atomic E-state index is 13.3. The third-order valence-electron chi connectivity index (χ3n) is 4.64. The standard InChI is InChI=1S/C24H19BrN2OS/c1-16-7-6-8-17(2)22(16)26-24-27(20-9-4-3-5-10-20)23(28)21(29-24)15-18-11-13-19(25)14-12-18/h3-15H,1-2H3/b21-15+,26-24?. The molecule has 0 radical (unpaired) electrons. The molecule has 1 heterocycles. The summed E-state index contributed by atoms with van der Waals surface area (Å²) < 4.78 is 1.01. The number of anilines is 1. The number of halogens is 1. The molecule has 144 valence electrons. The maximum Gasteiger partial charge on any atom is 0.271 e. The number of carbonyl (C=O) groups is 1. The first-order valence-corrected chi connectivity index (χ1v) is 10.8. The number of hydrogen-bond acceptors (Lipinski definition) is 3. The van der Waals surface area contributed by atoms with E-state index in [9.17, 15) is 4.79 Å². The van der Waals surface area contributed by atoms with Gasteiger partial charge >= 0.3 is 0 Å². The zero-order valence-electron chi connectivity index (χ0n) is 16.1. The summed E-state index contributed by atoms with van der Waals surface area (Å²) in [7, 11) is 0. The van der Waals surface area contributed by atoms with E-state index in [0.717, 1.165) is 32.5 Å². The lowest BCUT2D eigenvalue weighted by molar-refractivity contribution is -0.113. The van der Waals surface area contributed by atoms with Gasteiger partial charge in [0.2, 0.25) is 0 Å². The van der Waals surface area contributed by atoms with Crippen LogP contribution in [0.1, 0.15) is 16.7 Å². The normalized spacial score (nSPS) is 16.8. The molecule has 1 aliphatic rings. The van der Waals surface area contributed by atoms with Crippen LogP contribution in [-0.4, -0.2) is 11.1 Å². The van der Waals surface area contributed by atoms with Crippen LogP contribution in [0.25, 0.3) is 6.08 Å². The summed E-state index contributed by atoms with van der Waals surface area (Å²) in [5.41, 5.74) is 4.88. The van der Waals surface area contributed by atoms with Crippen LogP contribution in [0.2, 0.25) is 0 Å². The van der Waals surface area contributed by atoms with Crippen molar-refractivity contribution in [3.8, 4) is 0 Å². The second-order valence-corrected chi connectivity index (χ2v) is 8.70. The summed E-state index contributed by atoms with van der Waals surface area (Å²) in [6, 6.07) is 23.7. The molecule has 0 saturated carbocycles. The van der Waals surface area contributed by atoms with Crippen molar-refractivity contribution in [2.75, 3.05) is 4.90 Å². The monoisotopic (exact) mass is 462 g/mol. The highest BCUT2D eigenvalue weighted by molar-refractivity contribution is 9.10. The fourth-order valence-electron chi connectivity index (χ4n) is 3.14. The Hall–Kier alpha value is -2.63. The Morgan fingerprint density at radius 2 is 1.55 bits per heavy atom. The molecule has 5 heteroatoms. The van der Waals surface area contributed by atoms with Gasteiger partial charge in [-0.25, -0.2) is 4.99 Å². The molecule has 0 unspecified atom stereocenters. The Balaban J connectivity index is 1.81. The van der Waals surface area contributed by atoms with Crippen molar-refractivity contribution in [1.29, 1.82) is 0 Å². The molecule has 1 amide bonds. The predicted octanol–water partition coefficient (Wildman–Crippen LogP) is 6.87. The van der Waals surface area contributed by atoms with Gasteiger partial charge in [0.25, 0.3) is 5.91 Å². The van der Waals surface area contributed by atoms with Gasteiger partial charge in [0, 0.05) is 4.47 Å². The van der Waals surface area contributed by atoms with E-state index in [2.05, 4.69) is 15.9 Å². The quantitative estimate of drug-likeness (QED) is 0.397. The average Bonchev–Trinajstić information content (AvgIpc) is 3.02. The summed E-state index contributed by atoms with van der Waals surface area (Å²) in [6.07, 6.45) is 1.92. The van der Waals surface area contributed by atoms with E-state index < -0.39 is 0 Å². The molecule has 0 aromatic heterocycles. The smallest absolute Gasteiger partial charge is 0.268 e. The van der Waals surface area contributed by atoms with Gasteiger partial charge in [-0.15, -0.1) is 0 Å². The summed E-state index contributed by atoms with van der Waals surface area (Å²) in [5, 5.41) is 0.668. The highest BCUT2D eigenvalue weighted by Crippen LogP contribution is 2.38. The van der Waals surface area contributed by atoms with Crippen molar-refractivity contribution in [1.82, 2.24) is 0 Å². The number of thioether (sulfide) groups is 1. The van der Waals surface area contributed by atoms with E-state index >= 15 is 0 Å². The minimum atomic E-state index is -0.0610. The molecule has 3 nitrogen and oxygen atoms in total. The van der Waals surface area contributed by atoms with Crippen molar-refractivity contribution in [3.05, 3.63) is 98.9 Å². The van der Waals surface area contributed by atoms with Crippen molar-refractivity contribution in [2.45, 2.75) is 13.8 Å². The summed E-state index contributed by atoms with van der Waals surface area (Å²) in [5.74, 6) is -0.0610. The number of aliphatic imine (C=N–C) groups is 1. The van der Waals surface area contributed by atoms with Gasteiger partial charge in [0.05, 0.1) is 16.3 Å². The van der Waals surface area contributed by atoms with E-state index in [4.69, 9.17) is 4.99 Å². The fourth-order valence-corrected chi connectivity index (χ4v) is 4.39. The molecule has 0 N–H and O–H groups in total. The Bertz CT molecular complexity index is 1100. The Kier molecular flexibility index (Phi) is 5.69. The minimum absolute atomic E-state index is 0.0610. The number of amides is 1. The number of para-hydroxylation sites is 2. The zero-order chi connectivity index (χ0) is 20.4. The Morgan fingerprint density at radius 3 is 2.21 bits per heavy atom. The first-order chi connectivity index (χ1) is 14.0. The third kappa shape index (κ3) is 4.21. The highest BCUT2D eigenvalue weighted by Gasteiger charge is 2.34. The fraction of sp³-hybridized carbons (Fsp3) is 0.0833. The zero-order valence-corrected chi connectivity index (χ0v) is 18.5.